The summed E-state index contributed by atoms with van der Waals surface area (Å²) in [6, 6.07) is 1.90. The summed E-state index contributed by atoms with van der Waals surface area (Å²) in [6.45, 7) is 3.68. The molecule has 1 aliphatic carbocycles. The van der Waals surface area contributed by atoms with Crippen molar-refractivity contribution in [3.8, 4) is 11.4 Å². The maximum Gasteiger partial charge on any atom is 0.240 e. The van der Waals surface area contributed by atoms with E-state index in [1.54, 1.807) is 12.4 Å². The molecule has 0 spiro atoms. The van der Waals surface area contributed by atoms with Crippen LogP contribution in [0.4, 0.5) is 0 Å². The topological polar surface area (TPSA) is 63.8 Å². The number of pyridine rings is 1. The van der Waals surface area contributed by atoms with E-state index in [-0.39, 0.29) is 0 Å². The van der Waals surface area contributed by atoms with E-state index < -0.39 is 0 Å². The molecular formula is C13H16N4O. The Kier molecular flexibility index (Phi) is 3.06. The Morgan fingerprint density at radius 1 is 1.44 bits per heavy atom. The molecule has 2 aromatic rings. The van der Waals surface area contributed by atoms with Crippen molar-refractivity contribution in [1.82, 2.24) is 20.4 Å². The molecule has 0 aliphatic heterocycles. The molecule has 2 aromatic heterocycles. The number of rotatable bonds is 5. The van der Waals surface area contributed by atoms with E-state index in [0.717, 1.165) is 23.6 Å². The zero-order chi connectivity index (χ0) is 12.4. The first kappa shape index (κ1) is 11.3. The third-order valence-electron chi connectivity index (χ3n) is 3.14. The van der Waals surface area contributed by atoms with E-state index in [1.807, 2.05) is 13.0 Å². The zero-order valence-corrected chi connectivity index (χ0v) is 10.4. The van der Waals surface area contributed by atoms with Crippen LogP contribution in [0.3, 0.4) is 0 Å². The van der Waals surface area contributed by atoms with Gasteiger partial charge in [0, 0.05) is 18.0 Å². The summed E-state index contributed by atoms with van der Waals surface area (Å²) in [5.41, 5.74) is 2.03. The zero-order valence-electron chi connectivity index (χ0n) is 10.4. The molecule has 0 amide bonds. The molecule has 1 fully saturated rings. The van der Waals surface area contributed by atoms with Crippen LogP contribution < -0.4 is 5.32 Å². The number of hydrogen-bond donors (Lipinski definition) is 1. The average molecular weight is 244 g/mol. The minimum absolute atomic E-state index is 0.637. The highest BCUT2D eigenvalue weighted by Gasteiger charge is 2.20. The first-order valence-corrected chi connectivity index (χ1v) is 6.27. The van der Waals surface area contributed by atoms with Gasteiger partial charge in [0.2, 0.25) is 11.7 Å². The molecule has 0 unspecified atom stereocenters. The van der Waals surface area contributed by atoms with Crippen LogP contribution in [0.1, 0.15) is 24.3 Å². The summed E-state index contributed by atoms with van der Waals surface area (Å²) in [5, 5.41) is 7.34. The fraction of sp³-hybridized carbons (Fsp3) is 0.462. The Morgan fingerprint density at radius 2 is 2.33 bits per heavy atom. The van der Waals surface area contributed by atoms with E-state index in [1.165, 1.54) is 12.8 Å². The molecule has 0 bridgehead atoms. The van der Waals surface area contributed by atoms with Crippen molar-refractivity contribution >= 4 is 0 Å². The Labute approximate surface area is 106 Å². The SMILES string of the molecule is Cc1cnccc1-c1noc(CNCC2CC2)n1. The summed E-state index contributed by atoms with van der Waals surface area (Å²) in [4.78, 5) is 8.45. The number of nitrogens with one attached hydrogen (secondary N) is 1. The third-order valence-corrected chi connectivity index (χ3v) is 3.14. The van der Waals surface area contributed by atoms with Crippen molar-refractivity contribution in [1.29, 1.82) is 0 Å². The Morgan fingerprint density at radius 3 is 3.11 bits per heavy atom. The fourth-order valence-electron chi connectivity index (χ4n) is 1.87. The predicted octanol–water partition coefficient (Wildman–Crippen LogP) is 1.94. The molecule has 0 aromatic carbocycles. The normalized spacial score (nSPS) is 14.9. The van der Waals surface area contributed by atoms with Gasteiger partial charge in [-0.2, -0.15) is 4.98 Å². The highest BCUT2D eigenvalue weighted by Crippen LogP contribution is 2.27. The lowest BCUT2D eigenvalue weighted by Crippen LogP contribution is -2.16. The monoisotopic (exact) mass is 244 g/mol. The highest BCUT2D eigenvalue weighted by molar-refractivity contribution is 5.57. The molecule has 0 saturated heterocycles. The molecule has 3 rings (SSSR count). The molecule has 1 saturated carbocycles. The van der Waals surface area contributed by atoms with E-state index in [2.05, 4.69) is 20.4 Å². The quantitative estimate of drug-likeness (QED) is 0.870. The van der Waals surface area contributed by atoms with E-state index in [4.69, 9.17) is 4.52 Å². The Bertz CT molecular complexity index is 533. The van der Waals surface area contributed by atoms with E-state index in [9.17, 15) is 0 Å². The standard InChI is InChI=1S/C13H16N4O/c1-9-6-14-5-4-11(9)13-16-12(18-17-13)8-15-7-10-2-3-10/h4-6,10,15H,2-3,7-8H2,1H3. The van der Waals surface area contributed by atoms with Crippen LogP contribution in [0, 0.1) is 12.8 Å². The van der Waals surface area contributed by atoms with Crippen LogP contribution in [-0.2, 0) is 6.54 Å². The van der Waals surface area contributed by atoms with Crippen molar-refractivity contribution in [2.45, 2.75) is 26.3 Å². The Hall–Kier alpha value is -1.75. The minimum Gasteiger partial charge on any atom is -0.338 e. The number of hydrogen-bond acceptors (Lipinski definition) is 5. The summed E-state index contributed by atoms with van der Waals surface area (Å²) in [5.74, 6) is 2.13. The van der Waals surface area contributed by atoms with Crippen molar-refractivity contribution in [2.75, 3.05) is 6.54 Å². The lowest BCUT2D eigenvalue weighted by atomic mass is 10.1. The van der Waals surface area contributed by atoms with Gasteiger partial charge in [0.1, 0.15) is 0 Å². The molecule has 94 valence electrons. The molecule has 5 heteroatoms. The smallest absolute Gasteiger partial charge is 0.240 e. The molecule has 1 aliphatic rings. The first-order valence-electron chi connectivity index (χ1n) is 6.27. The molecule has 0 atom stereocenters. The van der Waals surface area contributed by atoms with Crippen LogP contribution in [-0.4, -0.2) is 21.7 Å². The van der Waals surface area contributed by atoms with Crippen molar-refractivity contribution in [2.24, 2.45) is 5.92 Å². The average Bonchev–Trinajstić information content (AvgIpc) is 3.08. The lowest BCUT2D eigenvalue weighted by molar-refractivity contribution is 0.367. The largest absolute Gasteiger partial charge is 0.338 e. The van der Waals surface area contributed by atoms with Gasteiger partial charge >= 0.3 is 0 Å². The second-order valence-corrected chi connectivity index (χ2v) is 4.78. The second kappa shape index (κ2) is 4.86. The van der Waals surface area contributed by atoms with Crippen LogP contribution in [0.2, 0.25) is 0 Å². The maximum atomic E-state index is 5.23. The van der Waals surface area contributed by atoms with Gasteiger partial charge in [0.05, 0.1) is 6.54 Å². The van der Waals surface area contributed by atoms with Gasteiger partial charge in [-0.05, 0) is 43.9 Å². The molecule has 1 N–H and O–H groups in total. The van der Waals surface area contributed by atoms with Crippen LogP contribution in [0.15, 0.2) is 23.0 Å². The number of aromatic nitrogens is 3. The fourth-order valence-corrected chi connectivity index (χ4v) is 1.87. The van der Waals surface area contributed by atoms with Gasteiger partial charge in [-0.3, -0.25) is 4.98 Å². The third kappa shape index (κ3) is 2.56. The minimum atomic E-state index is 0.637. The summed E-state index contributed by atoms with van der Waals surface area (Å²) >= 11 is 0. The Balaban J connectivity index is 1.66. The van der Waals surface area contributed by atoms with Gasteiger partial charge in [-0.1, -0.05) is 5.16 Å². The predicted molar refractivity (Wildman–Crippen MR) is 66.7 cm³/mol. The van der Waals surface area contributed by atoms with Gasteiger partial charge in [0.15, 0.2) is 0 Å². The number of aryl methyl sites for hydroxylation is 1. The van der Waals surface area contributed by atoms with Gasteiger partial charge in [0.25, 0.3) is 0 Å². The maximum absolute atomic E-state index is 5.23. The summed E-state index contributed by atoms with van der Waals surface area (Å²) in [6.07, 6.45) is 6.23. The molecule has 2 heterocycles. The summed E-state index contributed by atoms with van der Waals surface area (Å²) in [7, 11) is 0. The van der Waals surface area contributed by atoms with Crippen molar-refractivity contribution < 1.29 is 4.52 Å². The number of nitrogens with zero attached hydrogens (tertiary/aromatic N) is 3. The van der Waals surface area contributed by atoms with Gasteiger partial charge in [-0.25, -0.2) is 0 Å². The lowest BCUT2D eigenvalue weighted by Gasteiger charge is -1.98. The molecule has 18 heavy (non-hydrogen) atoms. The van der Waals surface area contributed by atoms with Crippen molar-refractivity contribution in [3.63, 3.8) is 0 Å². The highest BCUT2D eigenvalue weighted by atomic mass is 16.5. The van der Waals surface area contributed by atoms with Gasteiger partial charge < -0.3 is 9.84 Å². The van der Waals surface area contributed by atoms with Gasteiger partial charge in [-0.15, -0.1) is 0 Å². The molecular weight excluding hydrogens is 228 g/mol. The van der Waals surface area contributed by atoms with Crippen LogP contribution in [0.5, 0.6) is 0 Å². The van der Waals surface area contributed by atoms with E-state index in [0.29, 0.717) is 18.3 Å². The summed E-state index contributed by atoms with van der Waals surface area (Å²) < 4.78 is 5.23. The second-order valence-electron chi connectivity index (χ2n) is 4.78. The molecule has 5 nitrogen and oxygen atoms in total. The van der Waals surface area contributed by atoms with Crippen LogP contribution in [0.25, 0.3) is 11.4 Å². The molecule has 0 radical (unpaired) electrons. The van der Waals surface area contributed by atoms with Crippen molar-refractivity contribution in [3.05, 3.63) is 29.9 Å². The first-order chi connectivity index (χ1) is 8.83. The van der Waals surface area contributed by atoms with Crippen LogP contribution >= 0.6 is 0 Å². The van der Waals surface area contributed by atoms with E-state index >= 15 is 0 Å².